The normalized spacial score (nSPS) is 33.9. The van der Waals surface area contributed by atoms with Gasteiger partial charge in [-0.3, -0.25) is 4.68 Å². The van der Waals surface area contributed by atoms with E-state index in [1.165, 1.54) is 25.7 Å². The zero-order valence-electron chi connectivity index (χ0n) is 10.6. The molecule has 0 atom stereocenters. The molecule has 0 bridgehead atoms. The number of aliphatic hydroxyl groups is 1. The quantitative estimate of drug-likeness (QED) is 0.873. The Morgan fingerprint density at radius 2 is 2.12 bits per heavy atom. The summed E-state index contributed by atoms with van der Waals surface area (Å²) in [6.45, 7) is 2.20. The smallest absolute Gasteiger partial charge is 0.0708 e. The predicted octanol–water partition coefficient (Wildman–Crippen LogP) is 2.70. The van der Waals surface area contributed by atoms with Crippen LogP contribution in [0.1, 0.15) is 57.2 Å². The topological polar surface area (TPSA) is 38.0 Å². The van der Waals surface area contributed by atoms with E-state index in [9.17, 15) is 5.11 Å². The van der Waals surface area contributed by atoms with Gasteiger partial charge in [0.1, 0.15) is 0 Å². The number of nitrogens with zero attached hydrogens (tertiary/aromatic N) is 2. The maximum atomic E-state index is 10.3. The molecule has 2 aliphatic rings. The summed E-state index contributed by atoms with van der Waals surface area (Å²) >= 11 is 0. The zero-order chi connectivity index (χ0) is 11.9. The Balaban J connectivity index is 1.64. The van der Waals surface area contributed by atoms with Crippen molar-refractivity contribution in [3.63, 3.8) is 0 Å². The third kappa shape index (κ3) is 2.25. The van der Waals surface area contributed by atoms with Crippen molar-refractivity contribution in [2.24, 2.45) is 5.92 Å². The van der Waals surface area contributed by atoms with E-state index in [0.717, 1.165) is 25.0 Å². The maximum Gasteiger partial charge on any atom is 0.0708 e. The SMILES string of the molecule is CC1CC(O)(Cc2ccn(C3CCCC3)n2)C1. The van der Waals surface area contributed by atoms with Crippen LogP contribution in [0.25, 0.3) is 0 Å². The highest BCUT2D eigenvalue weighted by Gasteiger charge is 2.40. The Morgan fingerprint density at radius 1 is 1.41 bits per heavy atom. The summed E-state index contributed by atoms with van der Waals surface area (Å²) in [6.07, 6.45) is 9.90. The molecule has 0 spiro atoms. The van der Waals surface area contributed by atoms with E-state index in [-0.39, 0.29) is 0 Å². The summed E-state index contributed by atoms with van der Waals surface area (Å²) in [6, 6.07) is 2.69. The van der Waals surface area contributed by atoms with Crippen molar-refractivity contribution in [2.45, 2.75) is 63.5 Å². The van der Waals surface area contributed by atoms with Crippen molar-refractivity contribution in [1.29, 1.82) is 0 Å². The minimum absolute atomic E-state index is 0.464. The molecule has 94 valence electrons. The van der Waals surface area contributed by atoms with Crippen LogP contribution in [0, 0.1) is 5.92 Å². The highest BCUT2D eigenvalue weighted by atomic mass is 16.3. The van der Waals surface area contributed by atoms with Gasteiger partial charge in [0.2, 0.25) is 0 Å². The van der Waals surface area contributed by atoms with E-state index in [1.54, 1.807) is 0 Å². The Hall–Kier alpha value is -0.830. The Morgan fingerprint density at radius 3 is 2.76 bits per heavy atom. The molecule has 2 fully saturated rings. The van der Waals surface area contributed by atoms with Crippen molar-refractivity contribution in [3.05, 3.63) is 18.0 Å². The fourth-order valence-corrected chi connectivity index (χ4v) is 3.56. The number of hydrogen-bond donors (Lipinski definition) is 1. The van der Waals surface area contributed by atoms with E-state index in [1.807, 2.05) is 0 Å². The first-order chi connectivity index (χ1) is 8.15. The van der Waals surface area contributed by atoms with Gasteiger partial charge < -0.3 is 5.11 Å². The molecule has 0 unspecified atom stereocenters. The highest BCUT2D eigenvalue weighted by Crippen LogP contribution is 2.39. The minimum atomic E-state index is -0.464. The van der Waals surface area contributed by atoms with Gasteiger partial charge in [-0.25, -0.2) is 0 Å². The van der Waals surface area contributed by atoms with E-state index in [2.05, 4.69) is 29.0 Å². The first-order valence-electron chi connectivity index (χ1n) is 6.91. The van der Waals surface area contributed by atoms with E-state index in [4.69, 9.17) is 0 Å². The van der Waals surface area contributed by atoms with Crippen molar-refractivity contribution in [2.75, 3.05) is 0 Å². The molecule has 1 heterocycles. The Bertz CT molecular complexity index is 387. The molecular formula is C14H22N2O. The van der Waals surface area contributed by atoms with Gasteiger partial charge in [-0.1, -0.05) is 19.8 Å². The molecule has 3 nitrogen and oxygen atoms in total. The van der Waals surface area contributed by atoms with Gasteiger partial charge in [-0.15, -0.1) is 0 Å². The largest absolute Gasteiger partial charge is 0.389 e. The van der Waals surface area contributed by atoms with Crippen molar-refractivity contribution in [3.8, 4) is 0 Å². The Labute approximate surface area is 103 Å². The predicted molar refractivity (Wildman–Crippen MR) is 66.8 cm³/mol. The van der Waals surface area contributed by atoms with Crippen LogP contribution in [-0.4, -0.2) is 20.5 Å². The maximum absolute atomic E-state index is 10.3. The number of hydrogen-bond acceptors (Lipinski definition) is 2. The van der Waals surface area contributed by atoms with E-state index < -0.39 is 5.60 Å². The van der Waals surface area contributed by atoms with Crippen molar-refractivity contribution in [1.82, 2.24) is 9.78 Å². The van der Waals surface area contributed by atoms with Crippen LogP contribution in [0.4, 0.5) is 0 Å². The van der Waals surface area contributed by atoms with Gasteiger partial charge in [0.25, 0.3) is 0 Å². The van der Waals surface area contributed by atoms with Crippen LogP contribution in [-0.2, 0) is 6.42 Å². The summed E-state index contributed by atoms with van der Waals surface area (Å²) in [5, 5.41) is 14.9. The van der Waals surface area contributed by atoms with Gasteiger partial charge in [-0.05, 0) is 37.7 Å². The summed E-state index contributed by atoms with van der Waals surface area (Å²) in [5.74, 6) is 0.678. The van der Waals surface area contributed by atoms with Gasteiger partial charge in [0.05, 0.1) is 17.3 Å². The van der Waals surface area contributed by atoms with E-state index >= 15 is 0 Å². The van der Waals surface area contributed by atoms with Crippen molar-refractivity contribution >= 4 is 0 Å². The molecule has 0 amide bonds. The molecule has 17 heavy (non-hydrogen) atoms. The average Bonchev–Trinajstić information content (AvgIpc) is 2.83. The van der Waals surface area contributed by atoms with Crippen LogP contribution in [0.3, 0.4) is 0 Å². The van der Waals surface area contributed by atoms with Crippen LogP contribution in [0.5, 0.6) is 0 Å². The molecule has 2 aliphatic carbocycles. The minimum Gasteiger partial charge on any atom is -0.389 e. The van der Waals surface area contributed by atoms with Gasteiger partial charge >= 0.3 is 0 Å². The lowest BCUT2D eigenvalue weighted by molar-refractivity contribution is -0.0673. The first-order valence-corrected chi connectivity index (χ1v) is 6.91. The van der Waals surface area contributed by atoms with Crippen LogP contribution >= 0.6 is 0 Å². The molecule has 3 heteroatoms. The monoisotopic (exact) mass is 234 g/mol. The second kappa shape index (κ2) is 4.13. The molecule has 0 aromatic carbocycles. The van der Waals surface area contributed by atoms with E-state index in [0.29, 0.717) is 12.0 Å². The number of aromatic nitrogens is 2. The second-order valence-electron chi connectivity index (χ2n) is 6.14. The average molecular weight is 234 g/mol. The second-order valence-corrected chi connectivity index (χ2v) is 6.14. The third-order valence-corrected chi connectivity index (χ3v) is 4.33. The summed E-state index contributed by atoms with van der Waals surface area (Å²) in [4.78, 5) is 0. The molecular weight excluding hydrogens is 212 g/mol. The number of rotatable bonds is 3. The molecule has 0 radical (unpaired) electrons. The van der Waals surface area contributed by atoms with Crippen molar-refractivity contribution < 1.29 is 5.11 Å². The zero-order valence-corrected chi connectivity index (χ0v) is 10.6. The Kier molecular flexibility index (Phi) is 2.74. The molecule has 1 aromatic rings. The van der Waals surface area contributed by atoms with Gasteiger partial charge in [0.15, 0.2) is 0 Å². The lowest BCUT2D eigenvalue weighted by Gasteiger charge is -2.41. The summed E-state index contributed by atoms with van der Waals surface area (Å²) in [5.41, 5.74) is 0.597. The van der Waals surface area contributed by atoms with Crippen LogP contribution < -0.4 is 0 Å². The fraction of sp³-hybridized carbons (Fsp3) is 0.786. The van der Waals surface area contributed by atoms with Crippen LogP contribution in [0.15, 0.2) is 12.3 Å². The lowest BCUT2D eigenvalue weighted by atomic mass is 9.70. The summed E-state index contributed by atoms with van der Waals surface area (Å²) < 4.78 is 2.12. The highest BCUT2D eigenvalue weighted by molar-refractivity contribution is 5.08. The van der Waals surface area contributed by atoms with Crippen LogP contribution in [0.2, 0.25) is 0 Å². The first kappa shape index (κ1) is 11.3. The van der Waals surface area contributed by atoms with Gasteiger partial charge in [0, 0.05) is 12.6 Å². The fourth-order valence-electron chi connectivity index (χ4n) is 3.56. The molecule has 2 saturated carbocycles. The lowest BCUT2D eigenvalue weighted by Crippen LogP contribution is -2.44. The third-order valence-electron chi connectivity index (χ3n) is 4.33. The molecule has 0 saturated heterocycles. The molecule has 1 N–H and O–H groups in total. The standard InChI is InChI=1S/C14H22N2O/c1-11-8-14(17,9-11)10-12-6-7-16(15-12)13-4-2-3-5-13/h6-7,11,13,17H,2-5,8-10H2,1H3. The molecule has 3 rings (SSSR count). The summed E-state index contributed by atoms with van der Waals surface area (Å²) in [7, 11) is 0. The molecule has 1 aromatic heterocycles. The van der Waals surface area contributed by atoms with Gasteiger partial charge in [-0.2, -0.15) is 5.10 Å². The molecule has 0 aliphatic heterocycles.